The fourth-order valence-electron chi connectivity index (χ4n) is 3.65. The van der Waals surface area contributed by atoms with Crippen molar-refractivity contribution in [2.24, 2.45) is 0 Å². The van der Waals surface area contributed by atoms with Gasteiger partial charge in [-0.05, 0) is 48.9 Å². The number of esters is 1. The fraction of sp³-hybridized carbons (Fsp3) is 0.208. The Morgan fingerprint density at radius 2 is 1.77 bits per heavy atom. The summed E-state index contributed by atoms with van der Waals surface area (Å²) >= 11 is 0. The van der Waals surface area contributed by atoms with Crippen LogP contribution >= 0.6 is 0 Å². The van der Waals surface area contributed by atoms with Crippen LogP contribution in [0.2, 0.25) is 0 Å². The maximum atomic E-state index is 12.8. The molecular weight excluding hydrogens is 392 g/mol. The van der Waals surface area contributed by atoms with E-state index < -0.39 is 0 Å². The van der Waals surface area contributed by atoms with E-state index in [1.165, 1.54) is 7.11 Å². The van der Waals surface area contributed by atoms with Crippen LogP contribution in [0.15, 0.2) is 66.7 Å². The van der Waals surface area contributed by atoms with E-state index in [0.29, 0.717) is 17.9 Å². The van der Waals surface area contributed by atoms with E-state index in [4.69, 9.17) is 9.72 Å². The lowest BCUT2D eigenvalue weighted by molar-refractivity contribution is -0.119. The molecule has 158 valence electrons. The number of hydrogen-bond donors (Lipinski definition) is 1. The molecule has 0 fully saturated rings. The quantitative estimate of drug-likeness (QED) is 0.634. The molecule has 0 spiro atoms. The number of fused-ring (bicyclic) bond motifs is 1. The molecule has 1 atom stereocenters. The van der Waals surface area contributed by atoms with Gasteiger partial charge in [-0.15, -0.1) is 0 Å². The topological polar surface area (TPSA) is 74.8 Å². The zero-order chi connectivity index (χ0) is 22.0. The molecule has 1 aromatic heterocycles. The molecule has 0 saturated carbocycles. The van der Waals surface area contributed by atoms with Crippen molar-refractivity contribution in [2.45, 2.75) is 19.5 Å². The molecule has 1 amide bonds. The number of pyridine rings is 1. The normalized spacial score (nSPS) is 15.5. The molecule has 0 saturated heterocycles. The van der Waals surface area contributed by atoms with E-state index in [1.54, 1.807) is 36.2 Å². The largest absolute Gasteiger partial charge is 0.465 e. The number of nitrogens with zero attached hydrogens (tertiary/aromatic N) is 3. The molecule has 7 heteroatoms. The molecule has 1 aliphatic heterocycles. The second-order valence-corrected chi connectivity index (χ2v) is 7.42. The van der Waals surface area contributed by atoms with Gasteiger partial charge >= 0.3 is 5.97 Å². The Balaban J connectivity index is 1.64. The Kier molecular flexibility index (Phi) is 5.58. The Morgan fingerprint density at radius 3 is 2.45 bits per heavy atom. The van der Waals surface area contributed by atoms with Crippen molar-refractivity contribution in [3.05, 3.63) is 77.9 Å². The standard InChI is InChI=1S/C24H24N4O3/c1-16-23(29)27(2)20-13-14-21(25-19-11-9-18(10-12-19)24(30)31-3)26-22(20)28(16)15-17-7-5-4-6-8-17/h4-14,16H,15H2,1-3H3,(H,25,26)/t16-/m1/s1. The molecular formula is C24H24N4O3. The molecule has 31 heavy (non-hydrogen) atoms. The number of hydrogen-bond acceptors (Lipinski definition) is 6. The number of anilines is 4. The van der Waals surface area contributed by atoms with Crippen molar-refractivity contribution in [2.75, 3.05) is 29.3 Å². The second kappa shape index (κ2) is 8.47. The number of amides is 1. The third-order valence-corrected chi connectivity index (χ3v) is 5.42. The number of benzene rings is 2. The SMILES string of the molecule is COC(=O)c1ccc(Nc2ccc3c(n2)N(Cc2ccccc2)[C@H](C)C(=O)N3C)cc1. The summed E-state index contributed by atoms with van der Waals surface area (Å²) in [6, 6.07) is 20.4. The first-order chi connectivity index (χ1) is 15.0. The summed E-state index contributed by atoms with van der Waals surface area (Å²) in [6.45, 7) is 2.48. The third-order valence-electron chi connectivity index (χ3n) is 5.42. The van der Waals surface area contributed by atoms with E-state index in [-0.39, 0.29) is 17.9 Å². The first-order valence-corrected chi connectivity index (χ1v) is 10.0. The van der Waals surface area contributed by atoms with Crippen molar-refractivity contribution in [3.63, 3.8) is 0 Å². The first-order valence-electron chi connectivity index (χ1n) is 10.0. The highest BCUT2D eigenvalue weighted by molar-refractivity contribution is 6.04. The lowest BCUT2D eigenvalue weighted by Crippen LogP contribution is -2.50. The van der Waals surface area contributed by atoms with Crippen LogP contribution in [0.25, 0.3) is 0 Å². The maximum Gasteiger partial charge on any atom is 0.337 e. The number of likely N-dealkylation sites (N-methyl/N-ethyl adjacent to an activating group) is 1. The van der Waals surface area contributed by atoms with Gasteiger partial charge in [0.05, 0.1) is 18.4 Å². The average Bonchev–Trinajstić information content (AvgIpc) is 2.81. The van der Waals surface area contributed by atoms with Crippen LogP contribution < -0.4 is 15.1 Å². The molecule has 0 unspecified atom stereocenters. The Labute approximate surface area is 181 Å². The summed E-state index contributed by atoms with van der Waals surface area (Å²) in [5.74, 6) is 1.05. The molecule has 2 aromatic carbocycles. The Hall–Kier alpha value is -3.87. The lowest BCUT2D eigenvalue weighted by atomic mass is 10.1. The molecule has 4 rings (SSSR count). The molecule has 0 aliphatic carbocycles. The van der Waals surface area contributed by atoms with E-state index in [9.17, 15) is 9.59 Å². The van der Waals surface area contributed by atoms with Crippen LogP contribution in [0.3, 0.4) is 0 Å². The van der Waals surface area contributed by atoms with Crippen LogP contribution in [0.4, 0.5) is 23.0 Å². The zero-order valence-corrected chi connectivity index (χ0v) is 17.7. The third kappa shape index (κ3) is 4.07. The van der Waals surface area contributed by atoms with Gasteiger partial charge in [0.15, 0.2) is 5.82 Å². The Bertz CT molecular complexity index is 1100. The number of nitrogens with one attached hydrogen (secondary N) is 1. The van der Waals surface area contributed by atoms with Crippen molar-refractivity contribution >= 4 is 34.9 Å². The van der Waals surface area contributed by atoms with Crippen molar-refractivity contribution in [3.8, 4) is 0 Å². The van der Waals surface area contributed by atoms with Gasteiger partial charge in [0.1, 0.15) is 11.9 Å². The van der Waals surface area contributed by atoms with Gasteiger partial charge < -0.3 is 19.9 Å². The van der Waals surface area contributed by atoms with Crippen LogP contribution in [-0.4, -0.2) is 37.1 Å². The molecule has 0 bridgehead atoms. The van der Waals surface area contributed by atoms with Crippen molar-refractivity contribution < 1.29 is 14.3 Å². The minimum Gasteiger partial charge on any atom is -0.465 e. The molecule has 0 radical (unpaired) electrons. The Morgan fingerprint density at radius 1 is 1.06 bits per heavy atom. The van der Waals surface area contributed by atoms with E-state index in [2.05, 4.69) is 5.32 Å². The minimum absolute atomic E-state index is 0.0318. The van der Waals surface area contributed by atoms with Gasteiger partial charge in [0, 0.05) is 19.3 Å². The highest BCUT2D eigenvalue weighted by Gasteiger charge is 2.34. The monoisotopic (exact) mass is 416 g/mol. The predicted octanol–water partition coefficient (Wildman–Crippen LogP) is 3.98. The smallest absolute Gasteiger partial charge is 0.337 e. The van der Waals surface area contributed by atoms with Gasteiger partial charge in [0.2, 0.25) is 5.91 Å². The van der Waals surface area contributed by atoms with E-state index >= 15 is 0 Å². The van der Waals surface area contributed by atoms with Gasteiger partial charge in [-0.1, -0.05) is 30.3 Å². The minimum atomic E-state index is -0.378. The number of methoxy groups -OCH3 is 1. The second-order valence-electron chi connectivity index (χ2n) is 7.42. The van der Waals surface area contributed by atoms with Crippen LogP contribution in [0, 0.1) is 0 Å². The molecule has 1 N–H and O–H groups in total. The van der Waals surface area contributed by atoms with Gasteiger partial charge in [0.25, 0.3) is 0 Å². The van der Waals surface area contributed by atoms with E-state index in [0.717, 1.165) is 22.8 Å². The first kappa shape index (κ1) is 20.4. The number of carbonyl (C=O) groups is 2. The maximum absolute atomic E-state index is 12.8. The highest BCUT2D eigenvalue weighted by Crippen LogP contribution is 2.36. The predicted molar refractivity (Wildman–Crippen MR) is 121 cm³/mol. The zero-order valence-electron chi connectivity index (χ0n) is 17.7. The van der Waals surface area contributed by atoms with E-state index in [1.807, 2.05) is 54.3 Å². The number of aromatic nitrogens is 1. The van der Waals surface area contributed by atoms with Gasteiger partial charge in [-0.2, -0.15) is 0 Å². The number of ether oxygens (including phenoxy) is 1. The summed E-state index contributed by atoms with van der Waals surface area (Å²) in [6.07, 6.45) is 0. The fourth-order valence-corrected chi connectivity index (χ4v) is 3.65. The number of rotatable bonds is 5. The molecule has 7 nitrogen and oxygen atoms in total. The van der Waals surface area contributed by atoms with Gasteiger partial charge in [-0.3, -0.25) is 4.79 Å². The summed E-state index contributed by atoms with van der Waals surface area (Å²) in [7, 11) is 3.13. The van der Waals surface area contributed by atoms with Crippen molar-refractivity contribution in [1.29, 1.82) is 0 Å². The summed E-state index contributed by atoms with van der Waals surface area (Å²) < 4.78 is 4.74. The molecule has 1 aliphatic rings. The summed E-state index contributed by atoms with van der Waals surface area (Å²) in [4.78, 5) is 32.9. The lowest BCUT2D eigenvalue weighted by Gasteiger charge is -2.39. The molecule has 3 aromatic rings. The molecule has 2 heterocycles. The summed E-state index contributed by atoms with van der Waals surface area (Å²) in [5, 5.41) is 3.27. The van der Waals surface area contributed by atoms with Crippen LogP contribution in [0.5, 0.6) is 0 Å². The van der Waals surface area contributed by atoms with Crippen molar-refractivity contribution in [1.82, 2.24) is 4.98 Å². The number of carbonyl (C=O) groups excluding carboxylic acids is 2. The average molecular weight is 416 g/mol. The van der Waals surface area contributed by atoms with Crippen LogP contribution in [0.1, 0.15) is 22.8 Å². The van der Waals surface area contributed by atoms with Gasteiger partial charge in [-0.25, -0.2) is 9.78 Å². The van der Waals surface area contributed by atoms with Crippen LogP contribution in [-0.2, 0) is 16.1 Å². The highest BCUT2D eigenvalue weighted by atomic mass is 16.5. The summed E-state index contributed by atoms with van der Waals surface area (Å²) in [5.41, 5.74) is 3.15.